The second-order valence-electron chi connectivity index (χ2n) is 3.70. The fourth-order valence-corrected chi connectivity index (χ4v) is 2.26. The lowest BCUT2D eigenvalue weighted by atomic mass is 10.1. The summed E-state index contributed by atoms with van der Waals surface area (Å²) in [5, 5.41) is 0. The van der Waals surface area contributed by atoms with Gasteiger partial charge in [0.1, 0.15) is 11.6 Å². The second-order valence-corrected chi connectivity index (χ2v) is 4.87. The second kappa shape index (κ2) is 5.60. The van der Waals surface area contributed by atoms with Gasteiger partial charge in [0.2, 0.25) is 0 Å². The Morgan fingerprint density at radius 3 is 2.32 bits per heavy atom. The number of aromatic nitrogens is 1. The van der Waals surface area contributed by atoms with Crippen molar-refractivity contribution >= 4 is 28.6 Å². The number of rotatable bonds is 2. The SMILES string of the molecule is COC(=O)c1ncc(-c2cc(F)cc(F)c2)cc1I. The van der Waals surface area contributed by atoms with Crippen LogP contribution >= 0.6 is 22.6 Å². The molecular weight excluding hydrogens is 367 g/mol. The van der Waals surface area contributed by atoms with E-state index in [1.165, 1.54) is 25.4 Å². The van der Waals surface area contributed by atoms with Crippen molar-refractivity contribution < 1.29 is 18.3 Å². The predicted molar refractivity (Wildman–Crippen MR) is 73.6 cm³/mol. The molecule has 1 heterocycles. The third-order valence-electron chi connectivity index (χ3n) is 2.42. The van der Waals surface area contributed by atoms with Gasteiger partial charge in [-0.3, -0.25) is 0 Å². The Balaban J connectivity index is 2.47. The molecular formula is C13H8F2INO2. The molecule has 0 saturated heterocycles. The van der Waals surface area contributed by atoms with Gasteiger partial charge in [-0.1, -0.05) is 0 Å². The van der Waals surface area contributed by atoms with Crippen molar-refractivity contribution in [3.8, 4) is 11.1 Å². The molecule has 1 aromatic carbocycles. The van der Waals surface area contributed by atoms with Crippen LogP contribution in [0.4, 0.5) is 8.78 Å². The van der Waals surface area contributed by atoms with E-state index in [4.69, 9.17) is 0 Å². The summed E-state index contributed by atoms with van der Waals surface area (Å²) >= 11 is 1.92. The Kier molecular flexibility index (Phi) is 4.08. The topological polar surface area (TPSA) is 39.2 Å². The predicted octanol–water partition coefficient (Wildman–Crippen LogP) is 3.42. The van der Waals surface area contributed by atoms with E-state index in [0.29, 0.717) is 14.7 Å². The first-order chi connectivity index (χ1) is 9.01. The van der Waals surface area contributed by atoms with E-state index in [1.54, 1.807) is 6.07 Å². The summed E-state index contributed by atoms with van der Waals surface area (Å²) in [5.74, 6) is -1.88. The van der Waals surface area contributed by atoms with Crippen molar-refractivity contribution in [1.29, 1.82) is 0 Å². The lowest BCUT2D eigenvalue weighted by Gasteiger charge is -2.06. The molecule has 19 heavy (non-hydrogen) atoms. The average molecular weight is 375 g/mol. The van der Waals surface area contributed by atoms with Crippen LogP contribution in [0.25, 0.3) is 11.1 Å². The maximum atomic E-state index is 13.1. The third-order valence-corrected chi connectivity index (χ3v) is 3.24. The van der Waals surface area contributed by atoms with Crippen molar-refractivity contribution in [2.45, 2.75) is 0 Å². The quantitative estimate of drug-likeness (QED) is 0.597. The Morgan fingerprint density at radius 2 is 1.79 bits per heavy atom. The first-order valence-electron chi connectivity index (χ1n) is 5.21. The molecule has 0 aliphatic carbocycles. The minimum absolute atomic E-state index is 0.170. The summed E-state index contributed by atoms with van der Waals surface area (Å²) in [6.07, 6.45) is 1.38. The van der Waals surface area contributed by atoms with E-state index < -0.39 is 17.6 Å². The van der Waals surface area contributed by atoms with Crippen LogP contribution in [0.5, 0.6) is 0 Å². The Bertz CT molecular complexity index is 626. The number of pyridine rings is 1. The van der Waals surface area contributed by atoms with Crippen LogP contribution in [0.2, 0.25) is 0 Å². The maximum absolute atomic E-state index is 13.1. The highest BCUT2D eigenvalue weighted by atomic mass is 127. The molecule has 0 spiro atoms. The zero-order valence-corrected chi connectivity index (χ0v) is 11.9. The molecule has 6 heteroatoms. The van der Waals surface area contributed by atoms with Gasteiger partial charge in [0, 0.05) is 21.4 Å². The number of esters is 1. The number of nitrogens with zero attached hydrogens (tertiary/aromatic N) is 1. The monoisotopic (exact) mass is 375 g/mol. The van der Waals surface area contributed by atoms with E-state index in [9.17, 15) is 13.6 Å². The van der Waals surface area contributed by atoms with Crippen molar-refractivity contribution in [3.63, 3.8) is 0 Å². The fraction of sp³-hybridized carbons (Fsp3) is 0.0769. The Hall–Kier alpha value is -1.57. The van der Waals surface area contributed by atoms with Gasteiger partial charge in [-0.2, -0.15) is 0 Å². The van der Waals surface area contributed by atoms with E-state index in [0.717, 1.165) is 6.07 Å². The van der Waals surface area contributed by atoms with Crippen LogP contribution in [0.15, 0.2) is 30.5 Å². The fourth-order valence-electron chi connectivity index (χ4n) is 1.56. The molecule has 0 N–H and O–H groups in total. The van der Waals surface area contributed by atoms with E-state index in [-0.39, 0.29) is 5.69 Å². The minimum atomic E-state index is -0.665. The highest BCUT2D eigenvalue weighted by molar-refractivity contribution is 14.1. The van der Waals surface area contributed by atoms with Gasteiger partial charge in [0.05, 0.1) is 7.11 Å². The first kappa shape index (κ1) is 13.9. The molecule has 0 aliphatic rings. The molecule has 0 atom stereocenters. The van der Waals surface area contributed by atoms with Crippen molar-refractivity contribution in [2.24, 2.45) is 0 Å². The van der Waals surface area contributed by atoms with Gasteiger partial charge in [-0.15, -0.1) is 0 Å². The standard InChI is InChI=1S/C13H8F2INO2/c1-19-13(18)12-11(16)4-8(6-17-12)7-2-9(14)5-10(15)3-7/h2-6H,1H3. The molecule has 0 bridgehead atoms. The summed E-state index contributed by atoms with van der Waals surface area (Å²) in [5.41, 5.74) is 1.05. The van der Waals surface area contributed by atoms with Gasteiger partial charge in [0.25, 0.3) is 0 Å². The number of halogens is 3. The molecule has 1 aromatic heterocycles. The van der Waals surface area contributed by atoms with Gasteiger partial charge in [0.15, 0.2) is 5.69 Å². The summed E-state index contributed by atoms with van der Waals surface area (Å²) < 4.78 is 31.4. The van der Waals surface area contributed by atoms with Crippen molar-refractivity contribution in [2.75, 3.05) is 7.11 Å². The Morgan fingerprint density at radius 1 is 1.16 bits per heavy atom. The molecule has 0 aliphatic heterocycles. The largest absolute Gasteiger partial charge is 0.464 e. The van der Waals surface area contributed by atoms with Crippen LogP contribution in [0.1, 0.15) is 10.5 Å². The van der Waals surface area contributed by atoms with Crippen LogP contribution in [0, 0.1) is 15.2 Å². The number of benzene rings is 1. The van der Waals surface area contributed by atoms with Crippen LogP contribution < -0.4 is 0 Å². The third kappa shape index (κ3) is 3.06. The number of carbonyl (C=O) groups excluding carboxylic acids is 1. The number of carbonyl (C=O) groups is 1. The summed E-state index contributed by atoms with van der Waals surface area (Å²) in [4.78, 5) is 15.3. The molecule has 98 valence electrons. The van der Waals surface area contributed by atoms with Crippen molar-refractivity contribution in [1.82, 2.24) is 4.98 Å². The molecule has 0 saturated carbocycles. The normalized spacial score (nSPS) is 10.3. The highest BCUT2D eigenvalue weighted by Crippen LogP contribution is 2.24. The van der Waals surface area contributed by atoms with E-state index in [2.05, 4.69) is 9.72 Å². The molecule has 0 amide bonds. The van der Waals surface area contributed by atoms with E-state index >= 15 is 0 Å². The maximum Gasteiger partial charge on any atom is 0.357 e. The average Bonchev–Trinajstić information content (AvgIpc) is 2.36. The van der Waals surface area contributed by atoms with Crippen molar-refractivity contribution in [3.05, 3.63) is 51.4 Å². The first-order valence-corrected chi connectivity index (χ1v) is 6.29. The number of hydrogen-bond donors (Lipinski definition) is 0. The number of ether oxygens (including phenoxy) is 1. The Labute approximate surface area is 121 Å². The van der Waals surface area contributed by atoms with Crippen LogP contribution in [-0.4, -0.2) is 18.1 Å². The van der Waals surface area contributed by atoms with Gasteiger partial charge >= 0.3 is 5.97 Å². The molecule has 0 fully saturated rings. The van der Waals surface area contributed by atoms with Crippen LogP contribution in [0.3, 0.4) is 0 Å². The molecule has 2 aromatic rings. The lowest BCUT2D eigenvalue weighted by Crippen LogP contribution is -2.06. The highest BCUT2D eigenvalue weighted by Gasteiger charge is 2.13. The lowest BCUT2D eigenvalue weighted by molar-refractivity contribution is 0.0592. The molecule has 2 rings (SSSR count). The number of methoxy groups -OCH3 is 1. The summed E-state index contributed by atoms with van der Waals surface area (Å²) in [6.45, 7) is 0. The van der Waals surface area contributed by atoms with Gasteiger partial charge < -0.3 is 4.74 Å². The summed E-state index contributed by atoms with van der Waals surface area (Å²) in [6, 6.07) is 4.82. The van der Waals surface area contributed by atoms with Gasteiger partial charge in [-0.25, -0.2) is 18.6 Å². The zero-order valence-electron chi connectivity index (χ0n) is 9.78. The molecule has 0 unspecified atom stereocenters. The van der Waals surface area contributed by atoms with Crippen LogP contribution in [-0.2, 0) is 4.74 Å². The van der Waals surface area contributed by atoms with Gasteiger partial charge in [-0.05, 0) is 46.4 Å². The summed E-state index contributed by atoms with van der Waals surface area (Å²) in [7, 11) is 1.26. The van der Waals surface area contributed by atoms with E-state index in [1.807, 2.05) is 22.6 Å². The minimum Gasteiger partial charge on any atom is -0.464 e. The number of hydrogen-bond acceptors (Lipinski definition) is 3. The zero-order chi connectivity index (χ0) is 14.0. The molecule has 3 nitrogen and oxygen atoms in total. The smallest absolute Gasteiger partial charge is 0.357 e. The molecule has 0 radical (unpaired) electrons.